The monoisotopic (exact) mass is 374 g/mol. The molecule has 0 spiro atoms. The summed E-state index contributed by atoms with van der Waals surface area (Å²) in [5.41, 5.74) is 1.21. The van der Waals surface area contributed by atoms with Gasteiger partial charge >= 0.3 is 0 Å². The van der Waals surface area contributed by atoms with Crippen LogP contribution in [0, 0.1) is 0 Å². The molecule has 4 atom stereocenters. The van der Waals surface area contributed by atoms with Crippen LogP contribution in [0.2, 0.25) is 0 Å². The Kier molecular flexibility index (Phi) is 6.63. The van der Waals surface area contributed by atoms with E-state index in [2.05, 4.69) is 17.4 Å². The minimum Gasteiger partial charge on any atom is -0.459 e. The lowest BCUT2D eigenvalue weighted by atomic mass is 10.0. The Labute approximate surface area is 158 Å². The molecule has 0 radical (unpaired) electrons. The van der Waals surface area contributed by atoms with Crippen molar-refractivity contribution in [3.63, 3.8) is 0 Å². The van der Waals surface area contributed by atoms with Gasteiger partial charge < -0.3 is 24.7 Å². The van der Waals surface area contributed by atoms with Gasteiger partial charge in [0.1, 0.15) is 12.2 Å². The Morgan fingerprint density at radius 2 is 1.96 bits per heavy atom. The maximum Gasteiger partial charge on any atom is 0.287 e. The predicted octanol–water partition coefficient (Wildman–Crippen LogP) is 0.673. The summed E-state index contributed by atoms with van der Waals surface area (Å²) in [5, 5.41) is 22.8. The van der Waals surface area contributed by atoms with Crippen molar-refractivity contribution in [2.75, 3.05) is 26.7 Å². The Hall–Kier alpha value is -2.19. The van der Waals surface area contributed by atoms with Gasteiger partial charge in [-0.05, 0) is 31.2 Å². The summed E-state index contributed by atoms with van der Waals surface area (Å²) in [7, 11) is 1.92. The zero-order chi connectivity index (χ0) is 19.2. The van der Waals surface area contributed by atoms with Gasteiger partial charge in [0.25, 0.3) is 5.91 Å². The van der Waals surface area contributed by atoms with Crippen molar-refractivity contribution < 1.29 is 24.2 Å². The lowest BCUT2D eigenvalue weighted by Gasteiger charge is -2.30. The van der Waals surface area contributed by atoms with E-state index in [1.54, 1.807) is 12.1 Å². The van der Waals surface area contributed by atoms with Crippen LogP contribution in [-0.4, -0.2) is 72.1 Å². The molecule has 0 aliphatic carbocycles. The zero-order valence-electron chi connectivity index (χ0n) is 15.3. The molecule has 0 bridgehead atoms. The van der Waals surface area contributed by atoms with E-state index in [9.17, 15) is 15.0 Å². The third-order valence-corrected chi connectivity index (χ3v) is 4.96. The van der Waals surface area contributed by atoms with E-state index < -0.39 is 18.3 Å². The number of ether oxygens (including phenoxy) is 1. The number of carbonyl (C=O) groups is 1. The molecule has 1 amide bonds. The van der Waals surface area contributed by atoms with Crippen molar-refractivity contribution in [3.8, 4) is 0 Å². The summed E-state index contributed by atoms with van der Waals surface area (Å²) in [6.07, 6.45) is 0.334. The number of carbonyl (C=O) groups excluding carboxylic acids is 1. The number of furan rings is 1. The van der Waals surface area contributed by atoms with Gasteiger partial charge in [-0.25, -0.2) is 0 Å². The van der Waals surface area contributed by atoms with Crippen LogP contribution in [-0.2, 0) is 11.2 Å². The number of likely N-dealkylation sites (N-methyl/N-ethyl adjacent to an activating group) is 1. The van der Waals surface area contributed by atoms with E-state index in [4.69, 9.17) is 9.15 Å². The third-order valence-electron chi connectivity index (χ3n) is 4.96. The summed E-state index contributed by atoms with van der Waals surface area (Å²) < 4.78 is 10.9. The van der Waals surface area contributed by atoms with Crippen molar-refractivity contribution in [1.82, 2.24) is 10.2 Å². The maximum absolute atomic E-state index is 12.1. The molecule has 7 nitrogen and oxygen atoms in total. The van der Waals surface area contributed by atoms with E-state index in [1.165, 1.54) is 11.8 Å². The van der Waals surface area contributed by atoms with Crippen LogP contribution in [0.3, 0.4) is 0 Å². The van der Waals surface area contributed by atoms with Gasteiger partial charge in [0.05, 0.1) is 25.0 Å². The Morgan fingerprint density at radius 3 is 2.63 bits per heavy atom. The summed E-state index contributed by atoms with van der Waals surface area (Å²) in [5.74, 6) is -0.113. The molecule has 1 saturated heterocycles. The summed E-state index contributed by atoms with van der Waals surface area (Å²) in [4.78, 5) is 14.1. The number of rotatable bonds is 8. The summed E-state index contributed by atoms with van der Waals surface area (Å²) in [6.45, 7) is 0.663. The average Bonchev–Trinajstić information content (AvgIpc) is 3.33. The number of benzene rings is 1. The highest BCUT2D eigenvalue weighted by Gasteiger charge is 2.45. The Balaban J connectivity index is 1.61. The number of hydrogen-bond donors (Lipinski definition) is 3. The number of aliphatic hydroxyl groups excluding tert-OH is 2. The van der Waals surface area contributed by atoms with Gasteiger partial charge in [0.15, 0.2) is 5.76 Å². The molecule has 1 aromatic heterocycles. The number of hydrogen-bond acceptors (Lipinski definition) is 6. The van der Waals surface area contributed by atoms with E-state index in [-0.39, 0.29) is 30.9 Å². The average molecular weight is 374 g/mol. The highest BCUT2D eigenvalue weighted by Crippen LogP contribution is 2.25. The van der Waals surface area contributed by atoms with Crippen LogP contribution in [0.4, 0.5) is 0 Å². The van der Waals surface area contributed by atoms with E-state index in [1.807, 2.05) is 30.1 Å². The van der Waals surface area contributed by atoms with Crippen LogP contribution >= 0.6 is 0 Å². The first-order valence-corrected chi connectivity index (χ1v) is 9.10. The van der Waals surface area contributed by atoms with E-state index >= 15 is 0 Å². The fourth-order valence-electron chi connectivity index (χ4n) is 3.48. The lowest BCUT2D eigenvalue weighted by Crippen LogP contribution is -2.50. The molecule has 2 heterocycles. The van der Waals surface area contributed by atoms with E-state index in [0.717, 1.165) is 13.0 Å². The third kappa shape index (κ3) is 4.75. The molecule has 1 aliphatic rings. The molecule has 146 valence electrons. The first-order chi connectivity index (χ1) is 13.1. The van der Waals surface area contributed by atoms with Crippen molar-refractivity contribution in [1.29, 1.82) is 0 Å². The molecule has 3 rings (SSSR count). The fourth-order valence-corrected chi connectivity index (χ4v) is 3.48. The highest BCUT2D eigenvalue weighted by atomic mass is 16.5. The standard InChI is InChI=1S/C20H26N2O5/c1-22(10-9-14-6-3-2-4-7-14)18-16(27-17(13-23)19(18)24)12-21-20(25)15-8-5-11-26-15/h2-8,11,16-19,23-24H,9-10,12-13H2,1H3,(H,21,25). The minimum atomic E-state index is -0.832. The first-order valence-electron chi connectivity index (χ1n) is 9.10. The van der Waals surface area contributed by atoms with Crippen molar-refractivity contribution in [3.05, 3.63) is 60.1 Å². The van der Waals surface area contributed by atoms with Gasteiger partial charge in [0, 0.05) is 13.1 Å². The van der Waals surface area contributed by atoms with Gasteiger partial charge in [-0.15, -0.1) is 0 Å². The molecule has 27 heavy (non-hydrogen) atoms. The number of nitrogens with one attached hydrogen (secondary N) is 1. The quantitative estimate of drug-likeness (QED) is 0.629. The van der Waals surface area contributed by atoms with Gasteiger partial charge in [-0.2, -0.15) is 0 Å². The largest absolute Gasteiger partial charge is 0.459 e. The van der Waals surface area contributed by atoms with Crippen LogP contribution in [0.15, 0.2) is 53.1 Å². The first kappa shape index (κ1) is 19.6. The Bertz CT molecular complexity index is 706. The van der Waals surface area contributed by atoms with E-state index in [0.29, 0.717) is 0 Å². The Morgan fingerprint density at radius 1 is 1.19 bits per heavy atom. The summed E-state index contributed by atoms with van der Waals surface area (Å²) in [6, 6.07) is 13.0. The molecular weight excluding hydrogens is 348 g/mol. The second-order valence-electron chi connectivity index (χ2n) is 6.78. The van der Waals surface area contributed by atoms with Crippen LogP contribution in [0.5, 0.6) is 0 Å². The normalized spacial score (nSPS) is 25.0. The van der Waals surface area contributed by atoms with Crippen molar-refractivity contribution in [2.45, 2.75) is 30.8 Å². The smallest absolute Gasteiger partial charge is 0.287 e. The molecule has 3 N–H and O–H groups in total. The molecule has 1 aromatic carbocycles. The second kappa shape index (κ2) is 9.14. The van der Waals surface area contributed by atoms with Crippen molar-refractivity contribution in [2.24, 2.45) is 0 Å². The van der Waals surface area contributed by atoms with Crippen LogP contribution in [0.1, 0.15) is 16.1 Å². The SMILES string of the molecule is CN(CCc1ccccc1)C1C(CNC(=O)c2ccco2)OC(CO)C1O. The number of nitrogens with zero attached hydrogens (tertiary/aromatic N) is 1. The molecule has 2 aromatic rings. The molecule has 4 unspecified atom stereocenters. The maximum atomic E-state index is 12.1. The molecule has 7 heteroatoms. The fraction of sp³-hybridized carbons (Fsp3) is 0.450. The lowest BCUT2D eigenvalue weighted by molar-refractivity contribution is -0.0209. The highest BCUT2D eigenvalue weighted by molar-refractivity contribution is 5.91. The van der Waals surface area contributed by atoms with Gasteiger partial charge in [0.2, 0.25) is 0 Å². The van der Waals surface area contributed by atoms with Gasteiger partial charge in [-0.3, -0.25) is 9.69 Å². The zero-order valence-corrected chi connectivity index (χ0v) is 15.3. The molecule has 0 saturated carbocycles. The number of amides is 1. The minimum absolute atomic E-state index is 0.216. The van der Waals surface area contributed by atoms with Gasteiger partial charge in [-0.1, -0.05) is 30.3 Å². The second-order valence-corrected chi connectivity index (χ2v) is 6.78. The topological polar surface area (TPSA) is 95.2 Å². The van der Waals surface area contributed by atoms with Crippen LogP contribution < -0.4 is 5.32 Å². The number of aliphatic hydroxyl groups is 2. The molecule has 1 fully saturated rings. The van der Waals surface area contributed by atoms with Crippen molar-refractivity contribution >= 4 is 5.91 Å². The molecule has 1 aliphatic heterocycles. The van der Waals surface area contributed by atoms with Crippen LogP contribution in [0.25, 0.3) is 0 Å². The molecular formula is C20H26N2O5. The predicted molar refractivity (Wildman–Crippen MR) is 99.4 cm³/mol. The summed E-state index contributed by atoms with van der Waals surface area (Å²) >= 11 is 0.